The predicted octanol–water partition coefficient (Wildman–Crippen LogP) is 10.4. The number of nitrogens with one attached hydrogen (secondary N) is 2. The van der Waals surface area contributed by atoms with Crippen LogP contribution in [0.4, 0.5) is 9.93 Å². The Morgan fingerprint density at radius 3 is 2.33 bits per heavy atom. The molecule has 5 heterocycles. The number of imide groups is 1. The highest BCUT2D eigenvalue weighted by atomic mass is 32.1. The molecule has 5 aliphatic rings. The summed E-state index contributed by atoms with van der Waals surface area (Å²) in [4.78, 5) is 92.1. The van der Waals surface area contributed by atoms with Crippen molar-refractivity contribution < 1.29 is 52.8 Å². The Kier molecular flexibility index (Phi) is 17.2. The van der Waals surface area contributed by atoms with Gasteiger partial charge in [-0.25, -0.2) is 19.6 Å². The van der Waals surface area contributed by atoms with Crippen LogP contribution in [-0.4, -0.2) is 134 Å². The van der Waals surface area contributed by atoms with Gasteiger partial charge in [0.15, 0.2) is 10.8 Å². The Bertz CT molecular complexity index is 3700. The molecule has 3 aromatic carbocycles. The summed E-state index contributed by atoms with van der Waals surface area (Å²) in [5, 5.41) is 22.4. The molecule has 4 aliphatic carbocycles. The summed E-state index contributed by atoms with van der Waals surface area (Å²) in [7, 11) is 1.72. The molecule has 3 N–H and O–H groups in total. The molecule has 20 nitrogen and oxygen atoms in total. The Hall–Kier alpha value is -8.40. The summed E-state index contributed by atoms with van der Waals surface area (Å²) in [6, 6.07) is 25.7. The Balaban J connectivity index is 0.643. The van der Waals surface area contributed by atoms with Gasteiger partial charge in [-0.15, -0.1) is 0 Å². The number of carboxylic acid groups (broad SMARTS) is 1. The second-order valence-electron chi connectivity index (χ2n) is 24.4. The summed E-state index contributed by atoms with van der Waals surface area (Å²) in [6.45, 7) is 9.95. The lowest BCUT2D eigenvalue weighted by atomic mass is 9.39. The zero-order chi connectivity index (χ0) is 60.2. The molecule has 0 radical (unpaired) electrons. The summed E-state index contributed by atoms with van der Waals surface area (Å²) in [6.07, 6.45) is 13.8. The minimum Gasteiger partial charge on any atom is -0.491 e. The monoisotopic (exact) mass is 1190 g/mol. The van der Waals surface area contributed by atoms with Crippen LogP contribution in [0.15, 0.2) is 109 Å². The molecule has 86 heavy (non-hydrogen) atoms. The maximum Gasteiger partial charge on any atom is 0.409 e. The van der Waals surface area contributed by atoms with Crippen LogP contribution < -0.4 is 15.4 Å². The van der Waals surface area contributed by atoms with E-state index in [1.807, 2.05) is 72.3 Å². The van der Waals surface area contributed by atoms with E-state index >= 15 is 0 Å². The van der Waals surface area contributed by atoms with Gasteiger partial charge < -0.3 is 34.3 Å². The van der Waals surface area contributed by atoms with E-state index in [0.717, 1.165) is 66.4 Å². The minimum absolute atomic E-state index is 0.0485. The first-order chi connectivity index (χ1) is 41.4. The Morgan fingerprint density at radius 2 is 1.56 bits per heavy atom. The summed E-state index contributed by atoms with van der Waals surface area (Å²) in [5.41, 5.74) is 5.04. The molecule has 1 aliphatic heterocycles. The van der Waals surface area contributed by atoms with E-state index in [1.165, 1.54) is 28.4 Å². The lowest BCUT2D eigenvalue weighted by Crippen LogP contribution is -2.64. The summed E-state index contributed by atoms with van der Waals surface area (Å²) >= 11 is 1.39. The zero-order valence-corrected chi connectivity index (χ0v) is 49.7. The standard InChI is InChI=1S/C65H71N9O11S/c1-42-49(46-20-21-50(69-57(46)59(79)80)44-31-48-47(11-10-13-51(48)67-32-44)58(78)71-60-70-52-12-7-8-14-53(52)86-60)33-68-74(42)41-64-36-62(2)35-63(3,37-64)39-65(38-62,40-64)85-28-26-72(4)61(81)84-34-43-16-18-45(19-17-43)83-30-29-82-27-24-66-54(75)15-6-5-9-25-73-55(76)22-23-56(73)77/h7-8,10-14,16-23,31-33H,5-6,9,15,24-30,34-41H2,1-4H3,(H,66,75)(H,79,80)(H,70,71,78). The summed E-state index contributed by atoms with van der Waals surface area (Å²) in [5.74, 6) is -1.52. The normalized spacial score (nSPS) is 21.1. The second-order valence-corrected chi connectivity index (χ2v) is 25.4. The zero-order valence-electron chi connectivity index (χ0n) is 48.9. The number of hydrogen-bond acceptors (Lipinski definition) is 15. The van der Waals surface area contributed by atoms with E-state index < -0.39 is 12.1 Å². The number of carbonyl (C=O) groups is 6. The summed E-state index contributed by atoms with van der Waals surface area (Å²) < 4.78 is 27.1. The number of thiazole rings is 1. The van der Waals surface area contributed by atoms with Gasteiger partial charge in [0, 0.05) is 91.3 Å². The molecule has 2 unspecified atom stereocenters. The second kappa shape index (κ2) is 24.9. The molecule has 12 rings (SSSR count). The third-order valence-corrected chi connectivity index (χ3v) is 18.0. The maximum absolute atomic E-state index is 13.7. The number of benzene rings is 3. The molecule has 4 aromatic heterocycles. The highest BCUT2D eigenvalue weighted by molar-refractivity contribution is 7.22. The number of aromatic carboxylic acids is 1. The van der Waals surface area contributed by atoms with Crippen LogP contribution in [0.25, 0.3) is 43.5 Å². The molecule has 2 atom stereocenters. The highest BCUT2D eigenvalue weighted by Gasteiger charge is 2.66. The molecular formula is C65H71N9O11S. The highest BCUT2D eigenvalue weighted by Crippen LogP contribution is 2.72. The van der Waals surface area contributed by atoms with Gasteiger partial charge in [-0.2, -0.15) is 5.10 Å². The fourth-order valence-corrected chi connectivity index (χ4v) is 15.3. The number of carbonyl (C=O) groups excluding carboxylic acids is 5. The van der Waals surface area contributed by atoms with Crippen LogP contribution in [0, 0.1) is 23.2 Å². The van der Waals surface area contributed by atoms with Gasteiger partial charge in [-0.1, -0.05) is 61.9 Å². The number of pyridine rings is 2. The number of hydrogen-bond donors (Lipinski definition) is 3. The number of rotatable bonds is 26. The van der Waals surface area contributed by atoms with Crippen LogP contribution in [0.1, 0.15) is 110 Å². The predicted molar refractivity (Wildman–Crippen MR) is 323 cm³/mol. The van der Waals surface area contributed by atoms with Gasteiger partial charge in [0.1, 0.15) is 19.0 Å². The van der Waals surface area contributed by atoms with Crippen LogP contribution >= 0.6 is 11.3 Å². The maximum atomic E-state index is 13.7. The number of para-hydroxylation sites is 1. The smallest absolute Gasteiger partial charge is 0.409 e. The molecule has 5 amide bonds. The van der Waals surface area contributed by atoms with Crippen molar-refractivity contribution in [1.82, 2.24) is 39.8 Å². The van der Waals surface area contributed by atoms with Gasteiger partial charge in [0.2, 0.25) is 5.91 Å². The van der Waals surface area contributed by atoms with Gasteiger partial charge in [-0.05, 0) is 135 Å². The Labute approximate surface area is 502 Å². The molecule has 448 valence electrons. The van der Waals surface area contributed by atoms with E-state index in [4.69, 9.17) is 29.0 Å². The van der Waals surface area contributed by atoms with E-state index in [0.29, 0.717) is 122 Å². The molecule has 0 spiro atoms. The lowest BCUT2D eigenvalue weighted by molar-refractivity contribution is -0.248. The number of nitrogens with zero attached hydrogens (tertiary/aromatic N) is 7. The van der Waals surface area contributed by atoms with Crippen molar-refractivity contribution in [2.45, 2.75) is 104 Å². The number of aromatic nitrogens is 5. The number of fused-ring (bicyclic) bond motifs is 2. The van der Waals surface area contributed by atoms with Crippen molar-refractivity contribution in [3.63, 3.8) is 0 Å². The van der Waals surface area contributed by atoms with Crippen LogP contribution in [0.5, 0.6) is 5.75 Å². The van der Waals surface area contributed by atoms with E-state index in [1.54, 1.807) is 48.6 Å². The fourth-order valence-electron chi connectivity index (χ4n) is 14.4. The van der Waals surface area contributed by atoms with Crippen molar-refractivity contribution in [1.29, 1.82) is 0 Å². The molecule has 21 heteroatoms. The molecule has 0 saturated heterocycles. The quantitative estimate of drug-likeness (QED) is 0.0337. The number of amides is 5. The van der Waals surface area contributed by atoms with Gasteiger partial charge in [0.05, 0.1) is 53.0 Å². The van der Waals surface area contributed by atoms with Crippen molar-refractivity contribution in [2.24, 2.45) is 16.2 Å². The van der Waals surface area contributed by atoms with Crippen molar-refractivity contribution >= 4 is 73.3 Å². The number of ether oxygens (including phenoxy) is 4. The van der Waals surface area contributed by atoms with Crippen LogP contribution in [-0.2, 0) is 41.7 Å². The first-order valence-electron chi connectivity index (χ1n) is 29.3. The third-order valence-electron chi connectivity index (χ3n) is 17.1. The average molecular weight is 1190 g/mol. The topological polar surface area (TPSA) is 247 Å². The first kappa shape index (κ1) is 59.3. The lowest BCUT2D eigenvalue weighted by Gasteiger charge is -2.69. The molecule has 7 aromatic rings. The van der Waals surface area contributed by atoms with Gasteiger partial charge in [-0.3, -0.25) is 39.1 Å². The van der Waals surface area contributed by atoms with Crippen LogP contribution in [0.2, 0.25) is 0 Å². The first-order valence-corrected chi connectivity index (χ1v) is 30.1. The van der Waals surface area contributed by atoms with Crippen molar-refractivity contribution in [3.8, 4) is 28.1 Å². The molecular weight excluding hydrogens is 1110 g/mol. The van der Waals surface area contributed by atoms with E-state index in [9.17, 15) is 33.9 Å². The van der Waals surface area contributed by atoms with Crippen molar-refractivity contribution in [3.05, 3.63) is 132 Å². The number of likely N-dealkylation sites (N-methyl/N-ethyl adjacent to an activating group) is 1. The van der Waals surface area contributed by atoms with Crippen LogP contribution in [0.3, 0.4) is 0 Å². The van der Waals surface area contributed by atoms with E-state index in [-0.39, 0.29) is 57.8 Å². The Morgan fingerprint density at radius 1 is 0.791 bits per heavy atom. The minimum atomic E-state index is -1.18. The third kappa shape index (κ3) is 13.3. The molecule has 4 saturated carbocycles. The number of carboxylic acids is 1. The van der Waals surface area contributed by atoms with Crippen molar-refractivity contribution in [2.75, 3.05) is 58.4 Å². The number of anilines is 1. The fraction of sp³-hybridized carbons (Fsp3) is 0.415. The van der Waals surface area contributed by atoms with E-state index in [2.05, 4.69) is 34.4 Å². The SMILES string of the molecule is Cc1c(-c2ccc(-c3cnc4cccc(C(=O)Nc5nc6ccccc6s5)c4c3)nc2C(=O)O)cnn1CC12CC3(C)CC(C)(C1)CC(OCCN(C)C(=O)OCc1ccc(OCCOCCNC(=O)CCCCCN4C(=O)C=CC4=O)cc1)(C3)C2. The number of unbranched alkanes of at least 4 members (excludes halogenated alkanes) is 2. The van der Waals surface area contributed by atoms with Gasteiger partial charge in [0.25, 0.3) is 17.7 Å². The largest absolute Gasteiger partial charge is 0.491 e. The molecule has 4 fully saturated rings. The average Bonchev–Trinajstić information content (AvgIpc) is 0.792. The molecule has 4 bridgehead atoms. The van der Waals surface area contributed by atoms with Gasteiger partial charge >= 0.3 is 12.1 Å².